The summed E-state index contributed by atoms with van der Waals surface area (Å²) in [4.78, 5) is 2.04. The molecule has 0 spiro atoms. The van der Waals surface area contributed by atoms with Crippen molar-refractivity contribution in [1.29, 1.82) is 5.41 Å². The van der Waals surface area contributed by atoms with E-state index in [9.17, 15) is 0 Å². The summed E-state index contributed by atoms with van der Waals surface area (Å²) in [7, 11) is 5.56. The topological polar surface area (TPSA) is 71.6 Å². The second-order valence-corrected chi connectivity index (χ2v) is 5.10. The number of hydrogen-bond donors (Lipinski definition) is 2. The molecule has 0 saturated heterocycles. The van der Waals surface area contributed by atoms with Gasteiger partial charge in [-0.05, 0) is 29.8 Å². The van der Waals surface area contributed by atoms with Crippen molar-refractivity contribution < 1.29 is 9.47 Å². The summed E-state index contributed by atoms with van der Waals surface area (Å²) >= 11 is 0. The first-order valence-electron chi connectivity index (χ1n) is 6.93. The van der Waals surface area contributed by atoms with Crippen LogP contribution in [0, 0.1) is 5.41 Å². The van der Waals surface area contributed by atoms with Crippen molar-refractivity contribution >= 4 is 23.9 Å². The molecule has 0 aromatic heterocycles. The third-order valence-electron chi connectivity index (χ3n) is 3.30. The number of nitrogens with one attached hydrogen (secondary N) is 1. The summed E-state index contributed by atoms with van der Waals surface area (Å²) in [5.41, 5.74) is 8.28. The molecule has 3 N–H and O–H groups in total. The Balaban J connectivity index is 0.00000264. The molecule has 0 radical (unpaired) electrons. The molecule has 0 bridgehead atoms. The van der Waals surface area contributed by atoms with Crippen molar-refractivity contribution in [2.45, 2.75) is 6.61 Å². The van der Waals surface area contributed by atoms with Crippen LogP contribution in [0.2, 0.25) is 0 Å². The average Bonchev–Trinajstić information content (AvgIpc) is 2.52. The molecule has 2 aromatic carbocycles. The van der Waals surface area contributed by atoms with Crippen molar-refractivity contribution in [2.24, 2.45) is 5.73 Å². The van der Waals surface area contributed by atoms with Crippen molar-refractivity contribution in [1.82, 2.24) is 0 Å². The Morgan fingerprint density at radius 3 is 2.48 bits per heavy atom. The minimum atomic E-state index is -0.0454. The first-order chi connectivity index (χ1) is 10.5. The Hall–Kier alpha value is -2.40. The quantitative estimate of drug-likeness (QED) is 0.628. The Morgan fingerprint density at radius 1 is 1.17 bits per heavy atom. The fourth-order valence-electron chi connectivity index (χ4n) is 2.12. The van der Waals surface area contributed by atoms with Gasteiger partial charge in [0.2, 0.25) is 0 Å². The Morgan fingerprint density at radius 2 is 1.87 bits per heavy atom. The molecule has 124 valence electrons. The number of benzene rings is 2. The zero-order chi connectivity index (χ0) is 16.1. The largest absolute Gasteiger partial charge is 0.493 e. The summed E-state index contributed by atoms with van der Waals surface area (Å²) in [5.74, 6) is 1.01. The van der Waals surface area contributed by atoms with Crippen LogP contribution in [0.15, 0.2) is 42.5 Å². The number of amidine groups is 1. The molecule has 0 unspecified atom stereocenters. The minimum absolute atomic E-state index is 0. The Kier molecular flexibility index (Phi) is 6.72. The third-order valence-corrected chi connectivity index (χ3v) is 3.30. The maximum Gasteiger partial charge on any atom is 0.172 e. The van der Waals surface area contributed by atoms with Crippen LogP contribution in [0.5, 0.6) is 11.5 Å². The van der Waals surface area contributed by atoms with Crippen LogP contribution >= 0.6 is 12.4 Å². The lowest BCUT2D eigenvalue weighted by Gasteiger charge is -2.16. The van der Waals surface area contributed by atoms with E-state index < -0.39 is 0 Å². The van der Waals surface area contributed by atoms with Crippen LogP contribution in [-0.4, -0.2) is 27.0 Å². The summed E-state index contributed by atoms with van der Waals surface area (Å²) in [6.07, 6.45) is 0. The Bertz CT molecular complexity index is 675. The number of halogens is 1. The molecule has 0 aliphatic carbocycles. The maximum atomic E-state index is 7.66. The van der Waals surface area contributed by atoms with E-state index >= 15 is 0 Å². The van der Waals surface area contributed by atoms with Gasteiger partial charge in [-0.3, -0.25) is 5.41 Å². The Labute approximate surface area is 142 Å². The number of para-hydroxylation sites is 1. The molecule has 0 fully saturated rings. The molecule has 5 nitrogen and oxygen atoms in total. The van der Waals surface area contributed by atoms with Crippen molar-refractivity contribution in [3.05, 3.63) is 53.6 Å². The fraction of sp³-hybridized carbons (Fsp3) is 0.235. The van der Waals surface area contributed by atoms with Gasteiger partial charge < -0.3 is 20.1 Å². The number of methoxy groups -OCH3 is 1. The van der Waals surface area contributed by atoms with Gasteiger partial charge in [-0.2, -0.15) is 0 Å². The van der Waals surface area contributed by atoms with Crippen LogP contribution in [0.25, 0.3) is 0 Å². The van der Waals surface area contributed by atoms with Gasteiger partial charge >= 0.3 is 0 Å². The summed E-state index contributed by atoms with van der Waals surface area (Å²) in [6.45, 7) is 0.377. The van der Waals surface area contributed by atoms with E-state index in [-0.39, 0.29) is 18.2 Å². The van der Waals surface area contributed by atoms with Gasteiger partial charge in [0.05, 0.1) is 12.7 Å². The standard InChI is InChI=1S/C17H21N3O2.ClH/c1-20(2)13-7-4-6-12(10-13)11-22-16-14(17(18)19)8-5-9-15(16)21-3;/h4-10H,11H2,1-3H3,(H3,18,19);1H. The molecular weight excluding hydrogens is 314 g/mol. The third kappa shape index (κ3) is 4.53. The van der Waals surface area contributed by atoms with Crippen LogP contribution in [-0.2, 0) is 6.61 Å². The first kappa shape index (κ1) is 18.6. The van der Waals surface area contributed by atoms with Crippen molar-refractivity contribution in [2.75, 3.05) is 26.1 Å². The number of nitrogen functional groups attached to an aromatic ring is 1. The molecule has 0 heterocycles. The summed E-state index contributed by atoms with van der Waals surface area (Å²) in [6, 6.07) is 13.4. The lowest BCUT2D eigenvalue weighted by Crippen LogP contribution is -2.14. The SMILES string of the molecule is COc1cccc(C(=N)N)c1OCc1cccc(N(C)C)c1.Cl. The zero-order valence-electron chi connectivity index (χ0n) is 13.5. The fourth-order valence-corrected chi connectivity index (χ4v) is 2.12. The van der Waals surface area contributed by atoms with Gasteiger partial charge in [0.1, 0.15) is 12.4 Å². The molecule has 2 aromatic rings. The minimum Gasteiger partial charge on any atom is -0.493 e. The van der Waals surface area contributed by atoms with Crippen molar-refractivity contribution in [3.63, 3.8) is 0 Å². The highest BCUT2D eigenvalue weighted by molar-refractivity contribution is 5.98. The zero-order valence-corrected chi connectivity index (χ0v) is 14.3. The monoisotopic (exact) mass is 335 g/mol. The van der Waals surface area contributed by atoms with Crippen LogP contribution in [0.3, 0.4) is 0 Å². The number of anilines is 1. The molecular formula is C17H22ClN3O2. The molecule has 0 aliphatic heterocycles. The number of nitrogens with zero attached hydrogens (tertiary/aromatic N) is 1. The lowest BCUT2D eigenvalue weighted by molar-refractivity contribution is 0.284. The lowest BCUT2D eigenvalue weighted by atomic mass is 10.1. The number of nitrogens with two attached hydrogens (primary N) is 1. The van der Waals surface area contributed by atoms with Crippen LogP contribution in [0.4, 0.5) is 5.69 Å². The average molecular weight is 336 g/mol. The van der Waals surface area contributed by atoms with E-state index in [4.69, 9.17) is 20.6 Å². The maximum absolute atomic E-state index is 7.66. The highest BCUT2D eigenvalue weighted by Gasteiger charge is 2.13. The van der Waals surface area contributed by atoms with Gasteiger partial charge in [-0.25, -0.2) is 0 Å². The molecule has 2 rings (SSSR count). The highest BCUT2D eigenvalue weighted by Crippen LogP contribution is 2.31. The number of hydrogen-bond acceptors (Lipinski definition) is 4. The first-order valence-corrected chi connectivity index (χ1v) is 6.93. The van der Waals surface area contributed by atoms with Crippen molar-refractivity contribution in [3.8, 4) is 11.5 Å². The number of rotatable bonds is 6. The summed E-state index contributed by atoms with van der Waals surface area (Å²) in [5, 5.41) is 7.66. The van der Waals surface area contributed by atoms with E-state index in [1.54, 1.807) is 25.3 Å². The predicted molar refractivity (Wildman–Crippen MR) is 96.4 cm³/mol. The second kappa shape index (κ2) is 8.29. The van der Waals surface area contributed by atoms with E-state index in [0.717, 1.165) is 11.3 Å². The molecule has 0 atom stereocenters. The smallest absolute Gasteiger partial charge is 0.172 e. The van der Waals surface area contributed by atoms with Gasteiger partial charge in [0, 0.05) is 19.8 Å². The van der Waals surface area contributed by atoms with Gasteiger partial charge in [0.25, 0.3) is 0 Å². The molecule has 0 saturated carbocycles. The molecule has 6 heteroatoms. The van der Waals surface area contributed by atoms with Gasteiger partial charge in [0.15, 0.2) is 11.5 Å². The van der Waals surface area contributed by atoms with Gasteiger partial charge in [-0.1, -0.05) is 18.2 Å². The van der Waals surface area contributed by atoms with Crippen LogP contribution in [0.1, 0.15) is 11.1 Å². The molecule has 23 heavy (non-hydrogen) atoms. The number of ether oxygens (including phenoxy) is 2. The van der Waals surface area contributed by atoms with Gasteiger partial charge in [-0.15, -0.1) is 12.4 Å². The highest BCUT2D eigenvalue weighted by atomic mass is 35.5. The second-order valence-electron chi connectivity index (χ2n) is 5.10. The molecule has 0 amide bonds. The van der Waals surface area contributed by atoms with E-state index in [2.05, 4.69) is 6.07 Å². The van der Waals surface area contributed by atoms with Crippen LogP contribution < -0.4 is 20.1 Å². The van der Waals surface area contributed by atoms with E-state index in [0.29, 0.717) is 23.7 Å². The predicted octanol–water partition coefficient (Wildman–Crippen LogP) is 3.05. The van der Waals surface area contributed by atoms with E-state index in [1.165, 1.54) is 0 Å². The van der Waals surface area contributed by atoms with E-state index in [1.807, 2.05) is 37.2 Å². The molecule has 0 aliphatic rings. The normalized spacial score (nSPS) is 9.70. The summed E-state index contributed by atoms with van der Waals surface area (Å²) < 4.78 is 11.2.